The van der Waals surface area contributed by atoms with Crippen LogP contribution in [0.3, 0.4) is 0 Å². The molecule has 190 valence electrons. The quantitative estimate of drug-likeness (QED) is 0.325. The molecule has 1 aliphatic rings. The topological polar surface area (TPSA) is 91.4 Å². The van der Waals surface area contributed by atoms with Gasteiger partial charge in [-0.05, 0) is 86.8 Å². The fraction of sp³-hybridized carbons (Fsp3) is 0.241. The van der Waals surface area contributed by atoms with E-state index < -0.39 is 9.84 Å². The van der Waals surface area contributed by atoms with Gasteiger partial charge >= 0.3 is 0 Å². The van der Waals surface area contributed by atoms with Gasteiger partial charge in [0, 0.05) is 48.2 Å². The SMILES string of the molecule is CC(=O)Nc1ccc(S(=O)(=O)c2ccc(Nc3cc(C)nc4c(N5CCCCC5)cccc34)cc2)cc1. The Kier molecular flexibility index (Phi) is 6.84. The molecule has 1 amide bonds. The highest BCUT2D eigenvalue weighted by atomic mass is 32.2. The molecule has 1 saturated heterocycles. The predicted octanol–water partition coefficient (Wildman–Crippen LogP) is 6.07. The fourth-order valence-corrected chi connectivity index (χ4v) is 6.05. The van der Waals surface area contributed by atoms with E-state index in [-0.39, 0.29) is 15.7 Å². The highest BCUT2D eigenvalue weighted by Crippen LogP contribution is 2.34. The van der Waals surface area contributed by atoms with Gasteiger partial charge < -0.3 is 15.5 Å². The zero-order chi connectivity index (χ0) is 26.0. The number of fused-ring (bicyclic) bond motifs is 1. The Hall–Kier alpha value is -3.91. The summed E-state index contributed by atoms with van der Waals surface area (Å²) in [6.45, 7) is 5.49. The first kappa shape index (κ1) is 24.8. The largest absolute Gasteiger partial charge is 0.370 e. The smallest absolute Gasteiger partial charge is 0.221 e. The monoisotopic (exact) mass is 514 g/mol. The van der Waals surface area contributed by atoms with Gasteiger partial charge in [0.1, 0.15) is 0 Å². The molecule has 0 saturated carbocycles. The van der Waals surface area contributed by atoms with Crippen LogP contribution in [0.5, 0.6) is 0 Å². The van der Waals surface area contributed by atoms with Crippen molar-refractivity contribution in [2.24, 2.45) is 0 Å². The first-order chi connectivity index (χ1) is 17.8. The lowest BCUT2D eigenvalue weighted by Crippen LogP contribution is -2.29. The maximum Gasteiger partial charge on any atom is 0.221 e. The first-order valence-electron chi connectivity index (χ1n) is 12.5. The number of nitrogens with one attached hydrogen (secondary N) is 2. The van der Waals surface area contributed by atoms with Crippen LogP contribution in [-0.2, 0) is 14.6 Å². The third-order valence-electron chi connectivity index (χ3n) is 6.57. The fourth-order valence-electron chi connectivity index (χ4n) is 4.78. The molecule has 5 rings (SSSR count). The van der Waals surface area contributed by atoms with Crippen LogP contribution in [0.1, 0.15) is 31.9 Å². The van der Waals surface area contributed by atoms with Gasteiger partial charge in [-0.2, -0.15) is 0 Å². The van der Waals surface area contributed by atoms with Gasteiger partial charge in [0.15, 0.2) is 0 Å². The molecule has 0 radical (unpaired) electrons. The molecule has 2 heterocycles. The zero-order valence-corrected chi connectivity index (χ0v) is 21.8. The molecule has 1 aromatic heterocycles. The molecule has 2 N–H and O–H groups in total. The molecule has 7 nitrogen and oxygen atoms in total. The van der Waals surface area contributed by atoms with Crippen molar-refractivity contribution in [3.63, 3.8) is 0 Å². The molecule has 0 unspecified atom stereocenters. The Morgan fingerprint density at radius 2 is 1.49 bits per heavy atom. The Morgan fingerprint density at radius 3 is 2.11 bits per heavy atom. The van der Waals surface area contributed by atoms with Gasteiger partial charge in [-0.25, -0.2) is 8.42 Å². The van der Waals surface area contributed by atoms with Gasteiger partial charge in [-0.1, -0.05) is 12.1 Å². The van der Waals surface area contributed by atoms with Gasteiger partial charge in [-0.15, -0.1) is 0 Å². The van der Waals surface area contributed by atoms with Gasteiger partial charge in [0.05, 0.1) is 21.0 Å². The summed E-state index contributed by atoms with van der Waals surface area (Å²) in [5, 5.41) is 7.14. The number of rotatable bonds is 6. The summed E-state index contributed by atoms with van der Waals surface area (Å²) in [6.07, 6.45) is 3.67. The van der Waals surface area contributed by atoms with Crippen molar-refractivity contribution in [3.05, 3.63) is 78.5 Å². The van der Waals surface area contributed by atoms with Crippen molar-refractivity contribution >= 4 is 49.4 Å². The minimum Gasteiger partial charge on any atom is -0.370 e. The number of benzene rings is 3. The third-order valence-corrected chi connectivity index (χ3v) is 8.36. The average molecular weight is 515 g/mol. The second-order valence-corrected chi connectivity index (χ2v) is 11.3. The van der Waals surface area contributed by atoms with Crippen LogP contribution < -0.4 is 15.5 Å². The number of amides is 1. The minimum absolute atomic E-state index is 0.170. The highest BCUT2D eigenvalue weighted by molar-refractivity contribution is 7.91. The summed E-state index contributed by atoms with van der Waals surface area (Å²) < 4.78 is 26.2. The summed E-state index contributed by atoms with van der Waals surface area (Å²) in [5.41, 5.74) is 5.33. The van der Waals surface area contributed by atoms with Crippen molar-refractivity contribution in [3.8, 4) is 0 Å². The lowest BCUT2D eigenvalue weighted by Gasteiger charge is -2.29. The standard InChI is InChI=1S/C29H30N4O3S/c1-20-19-27(26-7-6-8-28(29(26)30-20)33-17-4-3-5-18-33)32-23-11-15-25(16-12-23)37(35,36)24-13-9-22(10-14-24)31-21(2)34/h6-16,19H,3-5,17-18H2,1-2H3,(H,30,32)(H,31,34). The van der Waals surface area contributed by atoms with Crippen LogP contribution in [0.4, 0.5) is 22.7 Å². The second-order valence-electron chi connectivity index (χ2n) is 9.39. The van der Waals surface area contributed by atoms with E-state index >= 15 is 0 Å². The Labute approximate surface area is 217 Å². The molecule has 0 spiro atoms. The summed E-state index contributed by atoms with van der Waals surface area (Å²) >= 11 is 0. The van der Waals surface area contributed by atoms with Crippen LogP contribution in [0.15, 0.2) is 82.6 Å². The molecule has 0 atom stereocenters. The molecule has 0 bridgehead atoms. The Bertz CT molecular complexity index is 1540. The van der Waals surface area contributed by atoms with Crippen LogP contribution in [0.2, 0.25) is 0 Å². The Morgan fingerprint density at radius 1 is 0.865 bits per heavy atom. The van der Waals surface area contributed by atoms with Gasteiger partial charge in [0.2, 0.25) is 15.7 Å². The van der Waals surface area contributed by atoms with Crippen LogP contribution in [-0.4, -0.2) is 32.4 Å². The van der Waals surface area contributed by atoms with Crippen LogP contribution >= 0.6 is 0 Å². The van der Waals surface area contributed by atoms with E-state index in [9.17, 15) is 13.2 Å². The maximum absolute atomic E-state index is 13.1. The molecule has 0 aliphatic carbocycles. The van der Waals surface area contributed by atoms with Gasteiger partial charge in [-0.3, -0.25) is 9.78 Å². The summed E-state index contributed by atoms with van der Waals surface area (Å²) in [7, 11) is -3.69. The average Bonchev–Trinajstić information content (AvgIpc) is 2.89. The number of carbonyl (C=O) groups is 1. The van der Waals surface area contributed by atoms with Crippen molar-refractivity contribution in [1.82, 2.24) is 4.98 Å². The first-order valence-corrected chi connectivity index (χ1v) is 13.9. The highest BCUT2D eigenvalue weighted by Gasteiger charge is 2.19. The number of carbonyl (C=O) groups excluding carboxylic acids is 1. The number of anilines is 4. The molecule has 1 aliphatic heterocycles. The Balaban J connectivity index is 1.41. The van der Waals surface area contributed by atoms with Gasteiger partial charge in [0.25, 0.3) is 0 Å². The molecular weight excluding hydrogens is 484 g/mol. The molecule has 8 heteroatoms. The van der Waals surface area contributed by atoms with E-state index in [2.05, 4.69) is 33.7 Å². The van der Waals surface area contributed by atoms with E-state index in [1.165, 1.54) is 38.3 Å². The summed E-state index contributed by atoms with van der Waals surface area (Å²) in [4.78, 5) is 18.9. The molecule has 1 fully saturated rings. The second kappa shape index (κ2) is 10.2. The molecular formula is C29H30N4O3S. The van der Waals surface area contributed by atoms with Crippen molar-refractivity contribution in [1.29, 1.82) is 0 Å². The number of para-hydroxylation sites is 1. The summed E-state index contributed by atoms with van der Waals surface area (Å²) in [6, 6.07) is 21.2. The number of sulfone groups is 1. The van der Waals surface area contributed by atoms with Crippen LogP contribution in [0, 0.1) is 6.92 Å². The molecule has 3 aromatic carbocycles. The zero-order valence-electron chi connectivity index (χ0n) is 21.0. The normalized spacial score (nSPS) is 13.9. The number of aryl methyl sites for hydroxylation is 1. The number of aromatic nitrogens is 1. The van der Waals surface area contributed by atoms with Crippen molar-refractivity contribution in [2.45, 2.75) is 42.9 Å². The lowest BCUT2D eigenvalue weighted by molar-refractivity contribution is -0.114. The number of piperidine rings is 1. The summed E-state index contributed by atoms with van der Waals surface area (Å²) in [5.74, 6) is -0.210. The van der Waals surface area contributed by atoms with Crippen LogP contribution in [0.25, 0.3) is 10.9 Å². The number of hydrogen-bond acceptors (Lipinski definition) is 6. The third kappa shape index (κ3) is 5.29. The number of pyridine rings is 1. The predicted molar refractivity (Wildman–Crippen MR) is 148 cm³/mol. The molecule has 4 aromatic rings. The number of hydrogen-bond donors (Lipinski definition) is 2. The van der Waals surface area contributed by atoms with Crippen molar-refractivity contribution < 1.29 is 13.2 Å². The molecule has 37 heavy (non-hydrogen) atoms. The van der Waals surface area contributed by atoms with E-state index in [0.29, 0.717) is 5.69 Å². The number of nitrogens with zero attached hydrogens (tertiary/aromatic N) is 2. The lowest BCUT2D eigenvalue weighted by atomic mass is 10.1. The van der Waals surface area contributed by atoms with E-state index in [0.717, 1.165) is 46.7 Å². The van der Waals surface area contributed by atoms with E-state index in [4.69, 9.17) is 4.98 Å². The maximum atomic E-state index is 13.1. The minimum atomic E-state index is -3.69. The van der Waals surface area contributed by atoms with E-state index in [1.54, 1.807) is 36.4 Å². The van der Waals surface area contributed by atoms with Crippen molar-refractivity contribution in [2.75, 3.05) is 28.6 Å². The van der Waals surface area contributed by atoms with E-state index in [1.807, 2.05) is 13.0 Å².